The molecule has 2 heterocycles. The van der Waals surface area contributed by atoms with E-state index in [0.29, 0.717) is 51.9 Å². The van der Waals surface area contributed by atoms with Gasteiger partial charge in [0.15, 0.2) is 0 Å². The summed E-state index contributed by atoms with van der Waals surface area (Å²) in [5.41, 5.74) is 0.812. The Hall–Kier alpha value is -2.41. The Morgan fingerprint density at radius 1 is 1.10 bits per heavy atom. The maximum Gasteiger partial charge on any atom is 0.242 e. The van der Waals surface area contributed by atoms with Gasteiger partial charge in [0.1, 0.15) is 0 Å². The Bertz CT molecular complexity index is 739. The molecule has 0 aliphatic carbocycles. The van der Waals surface area contributed by atoms with Crippen LogP contribution < -0.4 is 0 Å². The molecule has 0 aromatic heterocycles. The van der Waals surface area contributed by atoms with Crippen molar-refractivity contribution in [3.8, 4) is 0 Å². The highest BCUT2D eigenvalue weighted by atomic mass is 16.5. The Morgan fingerprint density at radius 3 is 2.48 bits per heavy atom. The lowest BCUT2D eigenvalue weighted by molar-refractivity contribution is -0.139. The number of likely N-dealkylation sites (tertiary alicyclic amines) is 2. The SMILES string of the molecule is COCCN(C)C(=O)CN1CCC2(CCC1=O)CCC(=O)N2Cc1ccccc1. The quantitative estimate of drug-likeness (QED) is 0.697. The molecule has 0 saturated carbocycles. The van der Waals surface area contributed by atoms with E-state index in [1.807, 2.05) is 35.2 Å². The molecule has 29 heavy (non-hydrogen) atoms. The molecule has 0 bridgehead atoms. The van der Waals surface area contributed by atoms with Gasteiger partial charge in [0.2, 0.25) is 17.7 Å². The molecule has 2 aliphatic heterocycles. The van der Waals surface area contributed by atoms with E-state index < -0.39 is 0 Å². The molecule has 2 fully saturated rings. The summed E-state index contributed by atoms with van der Waals surface area (Å²) in [6.07, 6.45) is 3.05. The van der Waals surface area contributed by atoms with Crippen LogP contribution in [0.4, 0.5) is 0 Å². The number of rotatable bonds is 7. The summed E-state index contributed by atoms with van der Waals surface area (Å²) >= 11 is 0. The molecule has 158 valence electrons. The molecule has 1 atom stereocenters. The van der Waals surface area contributed by atoms with Gasteiger partial charge >= 0.3 is 0 Å². The van der Waals surface area contributed by atoms with Crippen LogP contribution in [0.5, 0.6) is 0 Å². The number of hydrogen-bond acceptors (Lipinski definition) is 4. The van der Waals surface area contributed by atoms with Crippen molar-refractivity contribution in [2.45, 2.75) is 44.2 Å². The standard InChI is InChI=1S/C22H31N3O4/c1-23(14-15-29-2)21(28)17-24-13-12-22(10-8-19(24)26)11-9-20(27)25(22)16-18-6-4-3-5-7-18/h3-7H,8-17H2,1-2H3. The van der Waals surface area contributed by atoms with Crippen molar-refractivity contribution in [2.24, 2.45) is 0 Å². The molecular weight excluding hydrogens is 370 g/mol. The van der Waals surface area contributed by atoms with Crippen molar-refractivity contribution < 1.29 is 19.1 Å². The lowest BCUT2D eigenvalue weighted by atomic mass is 9.87. The van der Waals surface area contributed by atoms with Gasteiger partial charge in [-0.25, -0.2) is 0 Å². The number of ether oxygens (including phenoxy) is 1. The van der Waals surface area contributed by atoms with E-state index in [1.165, 1.54) is 0 Å². The second-order valence-electron chi connectivity index (χ2n) is 8.06. The van der Waals surface area contributed by atoms with E-state index in [1.54, 1.807) is 24.0 Å². The first-order valence-corrected chi connectivity index (χ1v) is 10.3. The highest BCUT2D eigenvalue weighted by Crippen LogP contribution is 2.40. The number of likely N-dealkylation sites (N-methyl/N-ethyl adjacent to an activating group) is 1. The maximum atomic E-state index is 12.7. The maximum absolute atomic E-state index is 12.7. The van der Waals surface area contributed by atoms with Crippen molar-refractivity contribution in [1.29, 1.82) is 0 Å². The van der Waals surface area contributed by atoms with Gasteiger partial charge in [-0.1, -0.05) is 30.3 Å². The third kappa shape index (κ3) is 4.96. The van der Waals surface area contributed by atoms with Crippen molar-refractivity contribution in [2.75, 3.05) is 40.4 Å². The van der Waals surface area contributed by atoms with E-state index in [9.17, 15) is 14.4 Å². The fraction of sp³-hybridized carbons (Fsp3) is 0.591. The number of hydrogen-bond donors (Lipinski definition) is 0. The zero-order valence-electron chi connectivity index (χ0n) is 17.4. The lowest BCUT2D eigenvalue weighted by Gasteiger charge is -2.38. The normalized spacial score (nSPS) is 22.3. The third-order valence-electron chi connectivity index (χ3n) is 6.25. The molecule has 1 aromatic rings. The molecule has 2 saturated heterocycles. The molecule has 0 radical (unpaired) electrons. The first kappa shape index (κ1) is 21.3. The van der Waals surface area contributed by atoms with E-state index >= 15 is 0 Å². The molecule has 3 amide bonds. The molecule has 3 rings (SSSR count). The van der Waals surface area contributed by atoms with Crippen molar-refractivity contribution >= 4 is 17.7 Å². The lowest BCUT2D eigenvalue weighted by Crippen LogP contribution is -2.46. The third-order valence-corrected chi connectivity index (χ3v) is 6.25. The second-order valence-corrected chi connectivity index (χ2v) is 8.06. The van der Waals surface area contributed by atoms with Crippen LogP contribution >= 0.6 is 0 Å². The summed E-state index contributed by atoms with van der Waals surface area (Å²) in [5, 5.41) is 0. The van der Waals surface area contributed by atoms with E-state index in [0.717, 1.165) is 12.0 Å². The average Bonchev–Trinajstić information content (AvgIpc) is 2.94. The van der Waals surface area contributed by atoms with Gasteiger partial charge in [0.25, 0.3) is 0 Å². The van der Waals surface area contributed by atoms with Crippen LogP contribution in [0.25, 0.3) is 0 Å². The van der Waals surface area contributed by atoms with Gasteiger partial charge in [-0.05, 0) is 24.8 Å². The minimum Gasteiger partial charge on any atom is -0.383 e. The summed E-state index contributed by atoms with van der Waals surface area (Å²) in [6.45, 7) is 2.13. The highest BCUT2D eigenvalue weighted by Gasteiger charge is 2.46. The van der Waals surface area contributed by atoms with Gasteiger partial charge in [-0.15, -0.1) is 0 Å². The summed E-state index contributed by atoms with van der Waals surface area (Å²) < 4.78 is 5.02. The largest absolute Gasteiger partial charge is 0.383 e. The molecule has 7 nitrogen and oxygen atoms in total. The van der Waals surface area contributed by atoms with Crippen LogP contribution in [0.2, 0.25) is 0 Å². The molecule has 1 aromatic carbocycles. The zero-order valence-corrected chi connectivity index (χ0v) is 17.4. The number of nitrogens with zero attached hydrogens (tertiary/aromatic N) is 3. The summed E-state index contributed by atoms with van der Waals surface area (Å²) in [6, 6.07) is 9.98. The predicted molar refractivity (Wildman–Crippen MR) is 109 cm³/mol. The zero-order chi connectivity index (χ0) is 20.9. The van der Waals surface area contributed by atoms with Crippen molar-refractivity contribution in [1.82, 2.24) is 14.7 Å². The van der Waals surface area contributed by atoms with E-state index in [-0.39, 0.29) is 29.8 Å². The molecule has 1 unspecified atom stereocenters. The molecule has 2 aliphatic rings. The van der Waals surface area contributed by atoms with Gasteiger partial charge in [0, 0.05) is 52.2 Å². The minimum atomic E-state index is -0.289. The fourth-order valence-electron chi connectivity index (χ4n) is 4.31. The van der Waals surface area contributed by atoms with Crippen molar-refractivity contribution in [3.63, 3.8) is 0 Å². The Labute approximate surface area is 172 Å². The van der Waals surface area contributed by atoms with Crippen molar-refractivity contribution in [3.05, 3.63) is 35.9 Å². The van der Waals surface area contributed by atoms with Crippen LogP contribution in [0.15, 0.2) is 30.3 Å². The number of carbonyl (C=O) groups excluding carboxylic acids is 3. The van der Waals surface area contributed by atoms with Crippen LogP contribution in [0.1, 0.15) is 37.7 Å². The van der Waals surface area contributed by atoms with Crippen LogP contribution in [0, 0.1) is 0 Å². The predicted octanol–water partition coefficient (Wildman–Crippen LogP) is 1.67. The van der Waals surface area contributed by atoms with Crippen LogP contribution in [-0.2, 0) is 25.7 Å². The highest BCUT2D eigenvalue weighted by molar-refractivity contribution is 5.85. The smallest absolute Gasteiger partial charge is 0.242 e. The van der Waals surface area contributed by atoms with Crippen LogP contribution in [-0.4, -0.2) is 78.4 Å². The second kappa shape index (κ2) is 9.39. The van der Waals surface area contributed by atoms with E-state index in [4.69, 9.17) is 4.74 Å². The van der Waals surface area contributed by atoms with Gasteiger partial charge < -0.3 is 19.4 Å². The Morgan fingerprint density at radius 2 is 1.79 bits per heavy atom. The number of benzene rings is 1. The van der Waals surface area contributed by atoms with Crippen LogP contribution in [0.3, 0.4) is 0 Å². The minimum absolute atomic E-state index is 0.00521. The topological polar surface area (TPSA) is 70.2 Å². The van der Waals surface area contributed by atoms with Gasteiger partial charge in [-0.2, -0.15) is 0 Å². The number of methoxy groups -OCH3 is 1. The monoisotopic (exact) mass is 401 g/mol. The number of carbonyl (C=O) groups is 3. The van der Waals surface area contributed by atoms with E-state index in [2.05, 4.69) is 0 Å². The fourth-order valence-corrected chi connectivity index (χ4v) is 4.31. The Balaban J connectivity index is 1.67. The first-order chi connectivity index (χ1) is 13.9. The van der Waals surface area contributed by atoms with Gasteiger partial charge in [-0.3, -0.25) is 14.4 Å². The molecule has 0 N–H and O–H groups in total. The summed E-state index contributed by atoms with van der Waals surface area (Å²) in [5.74, 6) is 0.0643. The van der Waals surface area contributed by atoms with Gasteiger partial charge in [0.05, 0.1) is 13.2 Å². The molecular formula is C22H31N3O4. The Kier molecular flexibility index (Phi) is 6.90. The molecule has 1 spiro atoms. The number of amides is 3. The average molecular weight is 402 g/mol. The summed E-state index contributed by atoms with van der Waals surface area (Å²) in [7, 11) is 3.32. The summed E-state index contributed by atoms with van der Waals surface area (Å²) in [4.78, 5) is 43.0. The molecule has 7 heteroatoms. The first-order valence-electron chi connectivity index (χ1n) is 10.3.